The zero-order valence-electron chi connectivity index (χ0n) is 15.3. The van der Waals surface area contributed by atoms with E-state index in [4.69, 9.17) is 18.9 Å². The maximum Gasteiger partial charge on any atom is 0.284 e. The fourth-order valence-electron chi connectivity index (χ4n) is 2.54. The van der Waals surface area contributed by atoms with Crippen molar-refractivity contribution in [2.75, 3.05) is 19.8 Å². The lowest BCUT2D eigenvalue weighted by Crippen LogP contribution is -2.42. The molecule has 0 saturated heterocycles. The fourth-order valence-corrected chi connectivity index (χ4v) is 2.54. The van der Waals surface area contributed by atoms with E-state index < -0.39 is 6.10 Å². The second-order valence-corrected chi connectivity index (χ2v) is 5.67. The number of hydrazone groups is 1. The number of carbonyl (C=O) groups is 1. The normalized spacial score (nSPS) is 15.4. The summed E-state index contributed by atoms with van der Waals surface area (Å²) in [6.07, 6.45) is 0.782. The quantitative estimate of drug-likeness (QED) is 0.599. The van der Waals surface area contributed by atoms with E-state index in [-0.39, 0.29) is 12.5 Å². The minimum atomic E-state index is -0.753. The number of nitrogens with zero attached hydrogens (tertiary/aromatic N) is 1. The van der Waals surface area contributed by atoms with E-state index in [1.807, 2.05) is 38.1 Å². The summed E-state index contributed by atoms with van der Waals surface area (Å²) in [5.41, 5.74) is 3.25. The van der Waals surface area contributed by atoms with Crippen LogP contribution < -0.4 is 24.4 Å². The van der Waals surface area contributed by atoms with Gasteiger partial charge in [0.2, 0.25) is 6.10 Å². The van der Waals surface area contributed by atoms with Gasteiger partial charge < -0.3 is 18.9 Å². The molecule has 0 aromatic heterocycles. The number of rotatable bonds is 7. The van der Waals surface area contributed by atoms with Crippen LogP contribution in [0.2, 0.25) is 0 Å². The summed E-state index contributed by atoms with van der Waals surface area (Å²) in [7, 11) is 0. The summed E-state index contributed by atoms with van der Waals surface area (Å²) in [6, 6.07) is 12.7. The molecule has 1 amide bonds. The molecule has 1 aliphatic heterocycles. The van der Waals surface area contributed by atoms with Crippen LogP contribution in [0, 0.1) is 0 Å². The van der Waals surface area contributed by atoms with Gasteiger partial charge in [0.05, 0.1) is 19.4 Å². The predicted octanol–water partition coefficient (Wildman–Crippen LogP) is 2.77. The summed E-state index contributed by atoms with van der Waals surface area (Å²) in [4.78, 5) is 12.2. The molecule has 2 aromatic rings. The van der Waals surface area contributed by atoms with Gasteiger partial charge in [-0.15, -0.1) is 0 Å². The molecule has 0 unspecified atom stereocenters. The standard InChI is InChI=1S/C20H22N2O5/c1-3-24-16-10-9-14(11-18(16)25-4-2)12-21-22-20(23)19-13-26-15-7-5-6-8-17(15)27-19/h5-12,19H,3-4,13H2,1-2H3,(H,22,23)/b21-12-/t19-/m1/s1. The van der Waals surface area contributed by atoms with Crippen LogP contribution in [0.15, 0.2) is 47.6 Å². The second-order valence-electron chi connectivity index (χ2n) is 5.67. The number of benzene rings is 2. The fraction of sp³-hybridized carbons (Fsp3) is 0.300. The van der Waals surface area contributed by atoms with Gasteiger partial charge in [0.25, 0.3) is 5.91 Å². The maximum absolute atomic E-state index is 12.2. The van der Waals surface area contributed by atoms with E-state index in [2.05, 4.69) is 10.5 Å². The van der Waals surface area contributed by atoms with Crippen molar-refractivity contribution < 1.29 is 23.7 Å². The number of carbonyl (C=O) groups excluding carboxylic acids is 1. The van der Waals surface area contributed by atoms with Crippen molar-refractivity contribution in [3.8, 4) is 23.0 Å². The molecule has 1 aliphatic rings. The van der Waals surface area contributed by atoms with E-state index in [9.17, 15) is 4.79 Å². The zero-order valence-corrected chi connectivity index (χ0v) is 15.3. The first-order chi connectivity index (χ1) is 13.2. The number of nitrogens with one attached hydrogen (secondary N) is 1. The van der Waals surface area contributed by atoms with Gasteiger partial charge >= 0.3 is 0 Å². The minimum absolute atomic E-state index is 0.135. The molecule has 1 heterocycles. The van der Waals surface area contributed by atoms with Gasteiger partial charge in [0, 0.05) is 0 Å². The van der Waals surface area contributed by atoms with Crippen molar-refractivity contribution in [3.05, 3.63) is 48.0 Å². The van der Waals surface area contributed by atoms with Gasteiger partial charge in [-0.2, -0.15) is 5.10 Å². The Balaban J connectivity index is 1.60. The highest BCUT2D eigenvalue weighted by Crippen LogP contribution is 2.31. The molecule has 2 aromatic carbocycles. The highest BCUT2D eigenvalue weighted by molar-refractivity contribution is 5.85. The van der Waals surface area contributed by atoms with E-state index in [0.29, 0.717) is 36.2 Å². The molecule has 1 atom stereocenters. The Kier molecular flexibility index (Phi) is 6.14. The predicted molar refractivity (Wildman–Crippen MR) is 101 cm³/mol. The third-order valence-electron chi connectivity index (χ3n) is 3.76. The molecule has 7 nitrogen and oxygen atoms in total. The lowest BCUT2D eigenvalue weighted by atomic mass is 10.2. The van der Waals surface area contributed by atoms with Crippen molar-refractivity contribution in [1.29, 1.82) is 0 Å². The number of amides is 1. The third kappa shape index (κ3) is 4.69. The SMILES string of the molecule is CCOc1ccc(/C=N\NC(=O)[C@H]2COc3ccccc3O2)cc1OCC. The molecule has 0 aliphatic carbocycles. The molecule has 3 rings (SSSR count). The largest absolute Gasteiger partial charge is 0.490 e. The Morgan fingerprint density at radius 2 is 1.89 bits per heavy atom. The first kappa shape index (κ1) is 18.6. The van der Waals surface area contributed by atoms with Crippen LogP contribution in [0.5, 0.6) is 23.0 Å². The summed E-state index contributed by atoms with van der Waals surface area (Å²) >= 11 is 0. The Hall–Kier alpha value is -3.22. The van der Waals surface area contributed by atoms with E-state index in [1.54, 1.807) is 18.2 Å². The average molecular weight is 370 g/mol. The lowest BCUT2D eigenvalue weighted by Gasteiger charge is -2.24. The van der Waals surface area contributed by atoms with Gasteiger partial charge in [0.15, 0.2) is 23.0 Å². The van der Waals surface area contributed by atoms with Crippen molar-refractivity contribution in [1.82, 2.24) is 5.43 Å². The molecular weight excluding hydrogens is 348 g/mol. The summed E-state index contributed by atoms with van der Waals surface area (Å²) < 4.78 is 22.3. The van der Waals surface area contributed by atoms with E-state index in [1.165, 1.54) is 6.21 Å². The molecule has 0 fully saturated rings. The topological polar surface area (TPSA) is 78.4 Å². The maximum atomic E-state index is 12.2. The van der Waals surface area contributed by atoms with Gasteiger partial charge in [-0.3, -0.25) is 4.79 Å². The molecule has 0 bridgehead atoms. The Bertz CT molecular complexity index is 822. The first-order valence-corrected chi connectivity index (χ1v) is 8.82. The summed E-state index contributed by atoms with van der Waals surface area (Å²) in [5.74, 6) is 2.10. The van der Waals surface area contributed by atoms with Crippen LogP contribution in [0.1, 0.15) is 19.4 Å². The molecule has 0 radical (unpaired) electrons. The Morgan fingerprint density at radius 3 is 2.67 bits per heavy atom. The van der Waals surface area contributed by atoms with Crippen LogP contribution in [0.4, 0.5) is 0 Å². The highest BCUT2D eigenvalue weighted by atomic mass is 16.6. The second kappa shape index (κ2) is 8.93. The molecule has 0 spiro atoms. The van der Waals surface area contributed by atoms with Crippen molar-refractivity contribution >= 4 is 12.1 Å². The first-order valence-electron chi connectivity index (χ1n) is 8.82. The smallest absolute Gasteiger partial charge is 0.284 e. The summed E-state index contributed by atoms with van der Waals surface area (Å²) in [5, 5.41) is 3.99. The minimum Gasteiger partial charge on any atom is -0.490 e. The Labute approximate surface area is 157 Å². The molecule has 142 valence electrons. The average Bonchev–Trinajstić information content (AvgIpc) is 2.69. The molecule has 27 heavy (non-hydrogen) atoms. The number of hydrogen-bond donors (Lipinski definition) is 1. The van der Waals surface area contributed by atoms with E-state index in [0.717, 1.165) is 5.56 Å². The molecule has 7 heteroatoms. The van der Waals surface area contributed by atoms with Gasteiger partial charge in [-0.1, -0.05) is 12.1 Å². The molecular formula is C20H22N2O5. The highest BCUT2D eigenvalue weighted by Gasteiger charge is 2.26. The monoisotopic (exact) mass is 370 g/mol. The number of para-hydroxylation sites is 2. The van der Waals surface area contributed by atoms with E-state index >= 15 is 0 Å². The van der Waals surface area contributed by atoms with Crippen LogP contribution in [0.25, 0.3) is 0 Å². The van der Waals surface area contributed by atoms with Gasteiger partial charge in [0.1, 0.15) is 6.61 Å². The van der Waals surface area contributed by atoms with Crippen molar-refractivity contribution in [2.24, 2.45) is 5.10 Å². The zero-order chi connectivity index (χ0) is 19.1. The Morgan fingerprint density at radius 1 is 1.15 bits per heavy atom. The van der Waals surface area contributed by atoms with Crippen LogP contribution in [0.3, 0.4) is 0 Å². The van der Waals surface area contributed by atoms with Crippen LogP contribution >= 0.6 is 0 Å². The van der Waals surface area contributed by atoms with Crippen LogP contribution in [-0.4, -0.2) is 38.0 Å². The number of hydrogen-bond acceptors (Lipinski definition) is 6. The number of fused-ring (bicyclic) bond motifs is 1. The molecule has 1 N–H and O–H groups in total. The van der Waals surface area contributed by atoms with Crippen molar-refractivity contribution in [2.45, 2.75) is 20.0 Å². The van der Waals surface area contributed by atoms with Crippen molar-refractivity contribution in [3.63, 3.8) is 0 Å². The van der Waals surface area contributed by atoms with Gasteiger partial charge in [-0.25, -0.2) is 5.43 Å². The third-order valence-corrected chi connectivity index (χ3v) is 3.76. The lowest BCUT2D eigenvalue weighted by molar-refractivity contribution is -0.130. The summed E-state index contributed by atoms with van der Waals surface area (Å²) in [6.45, 7) is 5.03. The van der Waals surface area contributed by atoms with Gasteiger partial charge in [-0.05, 0) is 49.7 Å². The molecule has 0 saturated carbocycles. The number of ether oxygens (including phenoxy) is 4. The van der Waals surface area contributed by atoms with Crippen LogP contribution in [-0.2, 0) is 4.79 Å².